The normalized spacial score (nSPS) is 18.7. The van der Waals surface area contributed by atoms with Crippen LogP contribution in [0.25, 0.3) is 0 Å². The second kappa shape index (κ2) is 5.35. The first kappa shape index (κ1) is 12.8. The maximum Gasteiger partial charge on any atom is 0.341 e. The molecule has 1 aliphatic rings. The van der Waals surface area contributed by atoms with Crippen molar-refractivity contribution in [3.05, 3.63) is 29.1 Å². The summed E-state index contributed by atoms with van der Waals surface area (Å²) in [5, 5.41) is 3.26. The van der Waals surface area contributed by atoms with Gasteiger partial charge in [-0.1, -0.05) is 0 Å². The molecule has 5 heteroatoms. The monoisotopic (exact) mass is 253 g/mol. The highest BCUT2D eigenvalue weighted by Gasteiger charge is 2.23. The van der Waals surface area contributed by atoms with E-state index in [0.717, 1.165) is 24.9 Å². The predicted octanol–water partition coefficient (Wildman–Crippen LogP) is 2.05. The summed E-state index contributed by atoms with van der Waals surface area (Å²) >= 11 is 0. The lowest BCUT2D eigenvalue weighted by atomic mass is 10.0. The molecule has 18 heavy (non-hydrogen) atoms. The number of carbonyl (C=O) groups excluding carboxylic acids is 1. The van der Waals surface area contributed by atoms with Crippen LogP contribution < -0.4 is 10.1 Å². The number of hydrogen-bond acceptors (Lipinski definition) is 4. The third kappa shape index (κ3) is 2.31. The van der Waals surface area contributed by atoms with Gasteiger partial charge < -0.3 is 14.8 Å². The maximum absolute atomic E-state index is 13.9. The van der Waals surface area contributed by atoms with Crippen molar-refractivity contribution in [3.63, 3.8) is 0 Å². The maximum atomic E-state index is 13.9. The molecule has 1 heterocycles. The number of ether oxygens (including phenoxy) is 2. The number of carbonyl (C=O) groups is 1. The molecule has 98 valence electrons. The lowest BCUT2D eigenvalue weighted by Crippen LogP contribution is -2.15. The molecule has 0 aromatic heterocycles. The molecule has 0 spiro atoms. The van der Waals surface area contributed by atoms with Crippen molar-refractivity contribution in [2.45, 2.75) is 18.9 Å². The van der Waals surface area contributed by atoms with E-state index in [9.17, 15) is 9.18 Å². The van der Waals surface area contributed by atoms with E-state index in [1.54, 1.807) is 6.07 Å². The van der Waals surface area contributed by atoms with Crippen molar-refractivity contribution < 1.29 is 18.7 Å². The number of hydrogen-bond donors (Lipinski definition) is 1. The highest BCUT2D eigenvalue weighted by molar-refractivity contribution is 5.92. The zero-order chi connectivity index (χ0) is 13.1. The van der Waals surface area contributed by atoms with E-state index >= 15 is 0 Å². The summed E-state index contributed by atoms with van der Waals surface area (Å²) in [4.78, 5) is 11.6. The van der Waals surface area contributed by atoms with Crippen LogP contribution in [0.2, 0.25) is 0 Å². The highest BCUT2D eigenvalue weighted by Crippen LogP contribution is 2.30. The van der Waals surface area contributed by atoms with Crippen LogP contribution in [-0.4, -0.2) is 26.7 Å². The van der Waals surface area contributed by atoms with Gasteiger partial charge in [0.05, 0.1) is 14.2 Å². The van der Waals surface area contributed by atoms with Crippen LogP contribution in [0.4, 0.5) is 4.39 Å². The van der Waals surface area contributed by atoms with E-state index in [2.05, 4.69) is 10.1 Å². The van der Waals surface area contributed by atoms with Gasteiger partial charge in [0.1, 0.15) is 5.56 Å². The van der Waals surface area contributed by atoms with Crippen LogP contribution in [0.5, 0.6) is 5.75 Å². The van der Waals surface area contributed by atoms with E-state index in [1.165, 1.54) is 20.3 Å². The largest absolute Gasteiger partial charge is 0.493 e. The molecule has 2 rings (SSSR count). The zero-order valence-electron chi connectivity index (χ0n) is 10.5. The fraction of sp³-hybridized carbons (Fsp3) is 0.462. The van der Waals surface area contributed by atoms with Crippen molar-refractivity contribution in [2.75, 3.05) is 20.8 Å². The number of esters is 1. The minimum absolute atomic E-state index is 0.0661. The Morgan fingerprint density at radius 1 is 1.44 bits per heavy atom. The molecule has 1 N–H and O–H groups in total. The quantitative estimate of drug-likeness (QED) is 0.837. The fourth-order valence-corrected chi connectivity index (χ4v) is 2.25. The molecule has 1 unspecified atom stereocenters. The Morgan fingerprint density at radius 3 is 2.78 bits per heavy atom. The van der Waals surface area contributed by atoms with Gasteiger partial charge in [-0.2, -0.15) is 0 Å². The van der Waals surface area contributed by atoms with E-state index < -0.39 is 11.8 Å². The van der Waals surface area contributed by atoms with Gasteiger partial charge in [0.15, 0.2) is 11.6 Å². The van der Waals surface area contributed by atoms with E-state index in [4.69, 9.17) is 4.74 Å². The van der Waals surface area contributed by atoms with Crippen LogP contribution in [-0.2, 0) is 4.74 Å². The van der Waals surface area contributed by atoms with E-state index in [0.29, 0.717) is 0 Å². The molecular formula is C13H16FNO3. The predicted molar refractivity (Wildman–Crippen MR) is 64.3 cm³/mol. The van der Waals surface area contributed by atoms with Gasteiger partial charge in [-0.3, -0.25) is 0 Å². The summed E-state index contributed by atoms with van der Waals surface area (Å²) in [6, 6.07) is 3.14. The Hall–Kier alpha value is -1.62. The number of benzene rings is 1. The molecule has 1 saturated heterocycles. The zero-order valence-corrected chi connectivity index (χ0v) is 10.5. The first-order chi connectivity index (χ1) is 8.67. The minimum Gasteiger partial charge on any atom is -0.493 e. The molecule has 1 atom stereocenters. The standard InChI is InChI=1S/C13H16FNO3/c1-17-12-9(13(16)18-2)6-8(7-10(12)14)11-4-3-5-15-11/h6-7,11,15H,3-5H2,1-2H3. The molecular weight excluding hydrogens is 237 g/mol. The molecule has 1 aliphatic heterocycles. The second-order valence-electron chi connectivity index (χ2n) is 4.22. The SMILES string of the molecule is COC(=O)c1cc(C2CCCN2)cc(F)c1OC. The van der Waals surface area contributed by atoms with Crippen LogP contribution in [0, 0.1) is 5.82 Å². The Balaban J connectivity index is 2.44. The lowest BCUT2D eigenvalue weighted by Gasteiger charge is -2.14. The van der Waals surface area contributed by atoms with Crippen molar-refractivity contribution in [1.82, 2.24) is 5.32 Å². The average Bonchev–Trinajstić information content (AvgIpc) is 2.90. The van der Waals surface area contributed by atoms with Gasteiger partial charge >= 0.3 is 5.97 Å². The summed E-state index contributed by atoms with van der Waals surface area (Å²) in [5.41, 5.74) is 0.884. The number of halogens is 1. The van der Waals surface area contributed by atoms with Crippen molar-refractivity contribution in [2.24, 2.45) is 0 Å². The second-order valence-corrected chi connectivity index (χ2v) is 4.22. The third-order valence-corrected chi connectivity index (χ3v) is 3.14. The average molecular weight is 253 g/mol. The summed E-state index contributed by atoms with van der Waals surface area (Å²) in [5.74, 6) is -1.20. The van der Waals surface area contributed by atoms with Crippen LogP contribution in [0.15, 0.2) is 12.1 Å². The molecule has 1 aromatic rings. The van der Waals surface area contributed by atoms with Gasteiger partial charge in [-0.25, -0.2) is 9.18 Å². The van der Waals surface area contributed by atoms with Gasteiger partial charge in [0.2, 0.25) is 0 Å². The molecule has 1 aromatic carbocycles. The van der Waals surface area contributed by atoms with Crippen molar-refractivity contribution >= 4 is 5.97 Å². The molecule has 0 saturated carbocycles. The number of nitrogens with one attached hydrogen (secondary N) is 1. The summed E-state index contributed by atoms with van der Waals surface area (Å²) in [6.07, 6.45) is 1.98. The molecule has 1 fully saturated rings. The Morgan fingerprint density at radius 2 is 2.22 bits per heavy atom. The number of rotatable bonds is 3. The van der Waals surface area contributed by atoms with Gasteiger partial charge in [-0.15, -0.1) is 0 Å². The highest BCUT2D eigenvalue weighted by atomic mass is 19.1. The van der Waals surface area contributed by atoms with Gasteiger partial charge in [-0.05, 0) is 37.1 Å². The first-order valence-corrected chi connectivity index (χ1v) is 5.86. The van der Waals surface area contributed by atoms with Gasteiger partial charge in [0.25, 0.3) is 0 Å². The summed E-state index contributed by atoms with van der Waals surface area (Å²) < 4.78 is 23.5. The van der Waals surface area contributed by atoms with Crippen molar-refractivity contribution in [3.8, 4) is 5.75 Å². The van der Waals surface area contributed by atoms with Gasteiger partial charge in [0, 0.05) is 6.04 Å². The van der Waals surface area contributed by atoms with Crippen LogP contribution in [0.1, 0.15) is 34.8 Å². The molecule has 4 nitrogen and oxygen atoms in total. The molecule has 0 bridgehead atoms. The number of methoxy groups -OCH3 is 2. The Bertz CT molecular complexity index is 456. The third-order valence-electron chi connectivity index (χ3n) is 3.14. The summed E-state index contributed by atoms with van der Waals surface area (Å²) in [7, 11) is 2.60. The minimum atomic E-state index is -0.592. The molecule has 0 amide bonds. The van der Waals surface area contributed by atoms with E-state index in [1.807, 2.05) is 0 Å². The van der Waals surface area contributed by atoms with Crippen molar-refractivity contribution in [1.29, 1.82) is 0 Å². The van der Waals surface area contributed by atoms with Crippen LogP contribution >= 0.6 is 0 Å². The fourth-order valence-electron chi connectivity index (χ4n) is 2.25. The lowest BCUT2D eigenvalue weighted by molar-refractivity contribution is 0.0596. The molecule has 0 radical (unpaired) electrons. The summed E-state index contributed by atoms with van der Waals surface area (Å²) in [6.45, 7) is 0.909. The smallest absolute Gasteiger partial charge is 0.341 e. The Kier molecular flexibility index (Phi) is 3.81. The molecule has 0 aliphatic carbocycles. The van der Waals surface area contributed by atoms with E-state index in [-0.39, 0.29) is 17.4 Å². The topological polar surface area (TPSA) is 47.6 Å². The first-order valence-electron chi connectivity index (χ1n) is 5.86. The van der Waals surface area contributed by atoms with Crippen LogP contribution in [0.3, 0.4) is 0 Å². The Labute approximate surface area is 105 Å².